The lowest BCUT2D eigenvalue weighted by Gasteiger charge is -2.21. The number of nitrogens with zero attached hydrogens (tertiary/aromatic N) is 2. The van der Waals surface area contributed by atoms with Crippen molar-refractivity contribution in [3.05, 3.63) is 53.3 Å². The Labute approximate surface area is 178 Å². The molecule has 0 aliphatic heterocycles. The fraction of sp³-hybridized carbons (Fsp3) is 0.455. The average molecular weight is 436 g/mol. The molecule has 0 bridgehead atoms. The van der Waals surface area contributed by atoms with Crippen LogP contribution in [-0.4, -0.2) is 32.1 Å². The normalized spacial score (nSPS) is 18.8. The van der Waals surface area contributed by atoms with E-state index in [1.54, 1.807) is 25.4 Å². The molecule has 3 rings (SSSR count). The monoisotopic (exact) mass is 436 g/mol. The van der Waals surface area contributed by atoms with Gasteiger partial charge < -0.3 is 18.9 Å². The summed E-state index contributed by atoms with van der Waals surface area (Å²) in [7, 11) is 1.57. The molecule has 3 unspecified atom stereocenters. The van der Waals surface area contributed by atoms with Gasteiger partial charge in [0.1, 0.15) is 17.6 Å². The van der Waals surface area contributed by atoms with Crippen LogP contribution < -0.4 is 9.47 Å². The molecule has 2 aromatic rings. The Hall–Kier alpha value is -2.83. The van der Waals surface area contributed by atoms with Crippen LogP contribution in [0, 0.1) is 23.2 Å². The zero-order valence-electron chi connectivity index (χ0n) is 17.2. The molecule has 1 heterocycles. The van der Waals surface area contributed by atoms with E-state index >= 15 is 0 Å². The van der Waals surface area contributed by atoms with Crippen molar-refractivity contribution in [2.45, 2.75) is 25.6 Å². The number of rotatable bonds is 10. The Balaban J connectivity index is 1.78. The second kappa shape index (κ2) is 9.98. The van der Waals surface area contributed by atoms with Gasteiger partial charge in [-0.05, 0) is 36.6 Å². The SMILES string of the molecule is COCCOCOc1cncc(C(Oc2ccc(C#N)c(C(F)(F)F)c2)C2CC2C)c1. The topological polar surface area (TPSA) is 73.6 Å². The minimum absolute atomic E-state index is 0.0183. The summed E-state index contributed by atoms with van der Waals surface area (Å²) in [6.07, 6.45) is -1.11. The molecule has 0 saturated heterocycles. The second-order valence-electron chi connectivity index (χ2n) is 7.35. The molecule has 0 spiro atoms. The number of hydrogen-bond acceptors (Lipinski definition) is 6. The smallest absolute Gasteiger partial charge is 0.417 e. The molecular weight excluding hydrogens is 413 g/mol. The molecule has 1 aromatic heterocycles. The summed E-state index contributed by atoms with van der Waals surface area (Å²) in [5, 5.41) is 8.98. The maximum absolute atomic E-state index is 13.3. The summed E-state index contributed by atoms with van der Waals surface area (Å²) in [5.41, 5.74) is -0.762. The molecular formula is C22H23F3N2O4. The van der Waals surface area contributed by atoms with Crippen LogP contribution in [0.2, 0.25) is 0 Å². The predicted molar refractivity (Wildman–Crippen MR) is 104 cm³/mol. The molecule has 0 N–H and O–H groups in total. The van der Waals surface area contributed by atoms with Crippen molar-refractivity contribution >= 4 is 0 Å². The summed E-state index contributed by atoms with van der Waals surface area (Å²) < 4.78 is 61.6. The van der Waals surface area contributed by atoms with Crippen LogP contribution in [-0.2, 0) is 15.7 Å². The Morgan fingerprint density at radius 2 is 1.97 bits per heavy atom. The van der Waals surface area contributed by atoms with Crippen molar-refractivity contribution < 1.29 is 32.1 Å². The van der Waals surface area contributed by atoms with Gasteiger partial charge in [0.2, 0.25) is 0 Å². The number of halogens is 3. The second-order valence-corrected chi connectivity index (χ2v) is 7.35. The van der Waals surface area contributed by atoms with Crippen molar-refractivity contribution in [1.29, 1.82) is 5.26 Å². The van der Waals surface area contributed by atoms with E-state index in [1.807, 2.05) is 0 Å². The van der Waals surface area contributed by atoms with Crippen molar-refractivity contribution in [1.82, 2.24) is 4.98 Å². The lowest BCUT2D eigenvalue weighted by Crippen LogP contribution is -2.14. The van der Waals surface area contributed by atoms with Gasteiger partial charge in [-0.2, -0.15) is 18.4 Å². The van der Waals surface area contributed by atoms with Crippen molar-refractivity contribution in [2.24, 2.45) is 11.8 Å². The number of alkyl halides is 3. The predicted octanol–water partition coefficient (Wildman–Crippen LogP) is 4.75. The quantitative estimate of drug-likeness (QED) is 0.395. The third-order valence-electron chi connectivity index (χ3n) is 5.04. The molecule has 9 heteroatoms. The Kier molecular flexibility index (Phi) is 7.36. The average Bonchev–Trinajstić information content (AvgIpc) is 3.47. The number of methoxy groups -OCH3 is 1. The summed E-state index contributed by atoms with van der Waals surface area (Å²) in [6.45, 7) is 2.90. The fourth-order valence-electron chi connectivity index (χ4n) is 3.23. The molecule has 31 heavy (non-hydrogen) atoms. The van der Waals surface area contributed by atoms with E-state index < -0.39 is 23.4 Å². The molecule has 1 aliphatic carbocycles. The molecule has 166 valence electrons. The number of aromatic nitrogens is 1. The van der Waals surface area contributed by atoms with Crippen LogP contribution in [0.3, 0.4) is 0 Å². The van der Waals surface area contributed by atoms with Crippen LogP contribution in [0.4, 0.5) is 13.2 Å². The van der Waals surface area contributed by atoms with Crippen molar-refractivity contribution in [2.75, 3.05) is 27.1 Å². The highest BCUT2D eigenvalue weighted by atomic mass is 19.4. The van der Waals surface area contributed by atoms with Crippen LogP contribution in [0.1, 0.15) is 36.1 Å². The number of hydrogen-bond donors (Lipinski definition) is 0. The highest BCUT2D eigenvalue weighted by molar-refractivity contribution is 5.44. The number of benzene rings is 1. The molecule has 1 aliphatic rings. The van der Waals surface area contributed by atoms with Gasteiger partial charge in [-0.15, -0.1) is 0 Å². The maximum Gasteiger partial charge on any atom is 0.417 e. The van der Waals surface area contributed by atoms with Crippen molar-refractivity contribution in [3.63, 3.8) is 0 Å². The lowest BCUT2D eigenvalue weighted by molar-refractivity contribution is -0.137. The first-order chi connectivity index (χ1) is 14.8. The standard InChI is InChI=1S/C22H23F3N2O4/c1-14-7-19(14)21(16-8-18(12-27-11-16)30-13-29-6-5-28-2)31-17-4-3-15(10-26)20(9-17)22(23,24)25/h3-4,8-9,11-12,14,19,21H,5-7,13H2,1-2H3. The highest BCUT2D eigenvalue weighted by Gasteiger charge is 2.42. The summed E-state index contributed by atoms with van der Waals surface area (Å²) in [4.78, 5) is 4.17. The van der Waals surface area contributed by atoms with Crippen LogP contribution >= 0.6 is 0 Å². The van der Waals surface area contributed by atoms with Crippen LogP contribution in [0.25, 0.3) is 0 Å². The van der Waals surface area contributed by atoms with Gasteiger partial charge in [0.25, 0.3) is 0 Å². The first-order valence-electron chi connectivity index (χ1n) is 9.76. The van der Waals surface area contributed by atoms with Crippen LogP contribution in [0.5, 0.6) is 11.5 Å². The third-order valence-corrected chi connectivity index (χ3v) is 5.04. The van der Waals surface area contributed by atoms with Gasteiger partial charge in [0.15, 0.2) is 6.79 Å². The Bertz CT molecular complexity index is 930. The summed E-state index contributed by atoms with van der Waals surface area (Å²) in [5.74, 6) is 1.02. The largest absolute Gasteiger partial charge is 0.485 e. The van der Waals surface area contributed by atoms with E-state index in [4.69, 9.17) is 24.2 Å². The third kappa shape index (κ3) is 6.09. The van der Waals surface area contributed by atoms with E-state index in [0.29, 0.717) is 30.4 Å². The first kappa shape index (κ1) is 22.8. The molecule has 1 aromatic carbocycles. The zero-order chi connectivity index (χ0) is 22.4. The molecule has 0 amide bonds. The number of pyridine rings is 1. The van der Waals surface area contributed by atoms with E-state index in [0.717, 1.165) is 18.6 Å². The van der Waals surface area contributed by atoms with Gasteiger partial charge in [-0.3, -0.25) is 4.98 Å². The molecule has 0 radical (unpaired) electrons. The van der Waals surface area contributed by atoms with Crippen LogP contribution in [0.15, 0.2) is 36.7 Å². The van der Waals surface area contributed by atoms with E-state index in [-0.39, 0.29) is 18.5 Å². The van der Waals surface area contributed by atoms with Gasteiger partial charge >= 0.3 is 6.18 Å². The Morgan fingerprint density at radius 1 is 1.19 bits per heavy atom. The summed E-state index contributed by atoms with van der Waals surface area (Å²) >= 11 is 0. The minimum atomic E-state index is -4.65. The minimum Gasteiger partial charge on any atom is -0.485 e. The summed E-state index contributed by atoms with van der Waals surface area (Å²) in [6, 6.07) is 6.70. The lowest BCUT2D eigenvalue weighted by atomic mass is 10.0. The molecule has 1 saturated carbocycles. The van der Waals surface area contributed by atoms with E-state index in [2.05, 4.69) is 11.9 Å². The highest BCUT2D eigenvalue weighted by Crippen LogP contribution is 2.49. The zero-order valence-corrected chi connectivity index (χ0v) is 17.2. The van der Waals surface area contributed by atoms with E-state index in [1.165, 1.54) is 12.3 Å². The van der Waals surface area contributed by atoms with E-state index in [9.17, 15) is 13.2 Å². The van der Waals surface area contributed by atoms with Gasteiger partial charge in [-0.1, -0.05) is 6.92 Å². The van der Waals surface area contributed by atoms with Gasteiger partial charge in [0.05, 0.1) is 36.6 Å². The molecule has 1 fully saturated rings. The van der Waals surface area contributed by atoms with Crippen molar-refractivity contribution in [3.8, 4) is 17.6 Å². The van der Waals surface area contributed by atoms with Gasteiger partial charge in [0, 0.05) is 24.8 Å². The number of ether oxygens (including phenoxy) is 4. The Morgan fingerprint density at radius 3 is 2.61 bits per heavy atom. The van der Waals surface area contributed by atoms with Gasteiger partial charge in [-0.25, -0.2) is 0 Å². The maximum atomic E-state index is 13.3. The fourth-order valence-corrected chi connectivity index (χ4v) is 3.23. The number of nitriles is 1. The first-order valence-corrected chi connectivity index (χ1v) is 9.76. The molecule has 3 atom stereocenters. The molecule has 6 nitrogen and oxygen atoms in total.